The van der Waals surface area contributed by atoms with Crippen molar-refractivity contribution < 1.29 is 0 Å². The Balaban J connectivity index is 0.766. The van der Waals surface area contributed by atoms with Crippen LogP contribution < -0.4 is 5.32 Å². The topological polar surface area (TPSA) is 142 Å². The van der Waals surface area contributed by atoms with Gasteiger partial charge >= 0.3 is 0 Å². The molecule has 10 nitrogen and oxygen atoms in total. The zero-order valence-electron chi connectivity index (χ0n) is 58.2. The molecule has 1 N–H and O–H groups in total. The zero-order chi connectivity index (χ0) is 72.3. The van der Waals surface area contributed by atoms with Crippen molar-refractivity contribution in [2.24, 2.45) is 0 Å². The van der Waals surface area contributed by atoms with Gasteiger partial charge in [-0.25, -0.2) is 29.9 Å². The van der Waals surface area contributed by atoms with E-state index in [4.69, 9.17) is 29.9 Å². The van der Waals surface area contributed by atoms with Crippen molar-refractivity contribution in [2.45, 2.75) is 0 Å². The molecular weight excluding hydrogens is 1320 g/mol. The van der Waals surface area contributed by atoms with Gasteiger partial charge in [-0.05, 0) is 163 Å². The van der Waals surface area contributed by atoms with Gasteiger partial charge < -0.3 is 9.88 Å². The SMILES string of the molecule is N#Cc1cccc(-c2cc(-c3nc(-c4ccccc4)nc(-c4cccc(-c5cc(C#N)cc(-c6cc(Nc7ccccc7-c7ccc(-c8ccccc8)cc7)cc(-c7nc(-c8ccccc8)nc(-c8ccccc8)n7)c6)c5)c4)n3)cc(-n3c4ccccc4c4ccc(-c5ccc(-c6ccccc6)cc5)cc43)c2)c1. The van der Waals surface area contributed by atoms with Gasteiger partial charge in [0.05, 0.1) is 34.3 Å². The lowest BCUT2D eigenvalue weighted by Crippen LogP contribution is -2.02. The fourth-order valence-electron chi connectivity index (χ4n) is 14.3. The first-order valence-electron chi connectivity index (χ1n) is 35.7. The average molecular weight is 1380 g/mol. The van der Waals surface area contributed by atoms with Crippen LogP contribution in [0, 0.1) is 22.7 Å². The minimum absolute atomic E-state index is 0.452. The lowest BCUT2D eigenvalue weighted by molar-refractivity contribution is 1.07. The number of hydrogen-bond donors (Lipinski definition) is 1. The summed E-state index contributed by atoms with van der Waals surface area (Å²) in [5.74, 6) is 2.95. The largest absolute Gasteiger partial charge is 0.355 e. The summed E-state index contributed by atoms with van der Waals surface area (Å²) in [6, 6.07) is 131. The third kappa shape index (κ3) is 13.2. The van der Waals surface area contributed by atoms with Crippen molar-refractivity contribution in [3.05, 3.63) is 381 Å². The Hall–Kier alpha value is -15.1. The third-order valence-corrected chi connectivity index (χ3v) is 19.7. The van der Waals surface area contributed by atoms with E-state index in [1.54, 1.807) is 0 Å². The summed E-state index contributed by atoms with van der Waals surface area (Å²) >= 11 is 0. The molecule has 0 aliphatic carbocycles. The summed E-state index contributed by atoms with van der Waals surface area (Å²) in [7, 11) is 0. The van der Waals surface area contributed by atoms with Crippen LogP contribution in [0.15, 0.2) is 370 Å². The van der Waals surface area contributed by atoms with Gasteiger partial charge in [-0.15, -0.1) is 0 Å². The first kappa shape index (κ1) is 65.0. The number of benzene rings is 15. The van der Waals surface area contributed by atoms with Crippen LogP contribution in [0.3, 0.4) is 0 Å². The molecular formula is C98H62N10. The molecule has 0 radical (unpaired) electrons. The number of aromatic nitrogens is 7. The molecule has 0 spiro atoms. The van der Waals surface area contributed by atoms with Crippen LogP contribution in [-0.4, -0.2) is 34.5 Å². The zero-order valence-corrected chi connectivity index (χ0v) is 58.2. The Morgan fingerprint density at radius 3 is 1.14 bits per heavy atom. The van der Waals surface area contributed by atoms with E-state index in [1.807, 2.05) is 158 Å². The number of nitrogens with zero attached hydrogens (tertiary/aromatic N) is 9. The quantitative estimate of drug-likeness (QED) is 0.100. The molecule has 0 aliphatic heterocycles. The summed E-state index contributed by atoms with van der Waals surface area (Å²) in [6.07, 6.45) is 0. The van der Waals surface area contributed by atoms with Gasteiger partial charge in [-0.3, -0.25) is 0 Å². The monoisotopic (exact) mass is 1380 g/mol. The molecule has 0 saturated heterocycles. The van der Waals surface area contributed by atoms with Crippen LogP contribution >= 0.6 is 0 Å². The first-order valence-corrected chi connectivity index (χ1v) is 35.7. The van der Waals surface area contributed by atoms with Crippen molar-refractivity contribution >= 4 is 33.2 Å². The first-order chi connectivity index (χ1) is 53.3. The maximum Gasteiger partial charge on any atom is 0.164 e. The van der Waals surface area contributed by atoms with Crippen LogP contribution in [0.2, 0.25) is 0 Å². The van der Waals surface area contributed by atoms with Gasteiger partial charge in [0.25, 0.3) is 0 Å². The van der Waals surface area contributed by atoms with Gasteiger partial charge in [0.2, 0.25) is 0 Å². The highest BCUT2D eigenvalue weighted by molar-refractivity contribution is 6.10. The fourth-order valence-corrected chi connectivity index (χ4v) is 14.3. The highest BCUT2D eigenvalue weighted by Crippen LogP contribution is 2.42. The Morgan fingerprint density at radius 2 is 0.565 bits per heavy atom. The number of nitriles is 2. The molecule has 0 unspecified atom stereocenters. The van der Waals surface area contributed by atoms with Crippen molar-refractivity contribution in [2.75, 3.05) is 5.32 Å². The molecule has 15 aromatic carbocycles. The van der Waals surface area contributed by atoms with E-state index in [9.17, 15) is 10.5 Å². The predicted octanol–water partition coefficient (Wildman–Crippen LogP) is 24.3. The second kappa shape index (κ2) is 28.6. The van der Waals surface area contributed by atoms with Crippen LogP contribution in [0.5, 0.6) is 0 Å². The van der Waals surface area contributed by atoms with Crippen molar-refractivity contribution in [3.8, 4) is 164 Å². The molecule has 18 rings (SSSR count). The molecule has 0 atom stereocenters. The lowest BCUT2D eigenvalue weighted by atomic mass is 9.94. The molecule has 0 bridgehead atoms. The Morgan fingerprint density at radius 1 is 0.222 bits per heavy atom. The van der Waals surface area contributed by atoms with Gasteiger partial charge in [0, 0.05) is 66.8 Å². The van der Waals surface area contributed by atoms with E-state index in [2.05, 4.69) is 234 Å². The smallest absolute Gasteiger partial charge is 0.164 e. The summed E-state index contributed by atoms with van der Waals surface area (Å²) in [5.41, 5.74) is 24.3. The van der Waals surface area contributed by atoms with Crippen LogP contribution in [0.4, 0.5) is 11.4 Å². The molecule has 108 heavy (non-hydrogen) atoms. The second-order valence-corrected chi connectivity index (χ2v) is 26.6. The highest BCUT2D eigenvalue weighted by Gasteiger charge is 2.22. The van der Waals surface area contributed by atoms with Crippen molar-refractivity contribution in [1.82, 2.24) is 34.5 Å². The summed E-state index contributed by atoms with van der Waals surface area (Å²) in [4.78, 5) is 31.6. The molecule has 504 valence electrons. The molecule has 0 fully saturated rings. The molecule has 0 amide bonds. The van der Waals surface area contributed by atoms with E-state index >= 15 is 0 Å². The van der Waals surface area contributed by atoms with E-state index in [-0.39, 0.29) is 0 Å². The number of fused-ring (bicyclic) bond motifs is 3. The van der Waals surface area contributed by atoms with Crippen LogP contribution in [0.25, 0.3) is 174 Å². The summed E-state index contributed by atoms with van der Waals surface area (Å²) in [6.45, 7) is 0. The third-order valence-electron chi connectivity index (χ3n) is 19.7. The van der Waals surface area contributed by atoms with Gasteiger partial charge in [0.15, 0.2) is 34.9 Å². The van der Waals surface area contributed by atoms with E-state index in [0.717, 1.165) is 145 Å². The van der Waals surface area contributed by atoms with E-state index in [1.165, 1.54) is 5.56 Å². The minimum Gasteiger partial charge on any atom is -0.355 e. The Labute approximate surface area is 624 Å². The summed E-state index contributed by atoms with van der Waals surface area (Å²) in [5, 5.41) is 27.4. The minimum atomic E-state index is 0.452. The van der Waals surface area contributed by atoms with Crippen molar-refractivity contribution in [1.29, 1.82) is 10.5 Å². The molecule has 0 aliphatic rings. The van der Waals surface area contributed by atoms with Gasteiger partial charge in [-0.2, -0.15) is 10.5 Å². The molecule has 3 aromatic heterocycles. The average Bonchev–Trinajstić information content (AvgIpc) is 1.56. The predicted molar refractivity (Wildman–Crippen MR) is 437 cm³/mol. The van der Waals surface area contributed by atoms with Gasteiger partial charge in [-0.1, -0.05) is 279 Å². The second-order valence-electron chi connectivity index (χ2n) is 26.6. The fraction of sp³-hybridized carbons (Fsp3) is 0. The highest BCUT2D eigenvalue weighted by atomic mass is 15.0. The maximum absolute atomic E-state index is 11.0. The van der Waals surface area contributed by atoms with Crippen LogP contribution in [-0.2, 0) is 0 Å². The standard InChI is InChI=1S/C98H62N10/c99-62-64-22-20-33-75(50-64)82-56-84(60-86(59-82)108-91-39-19-17-37-88(91)89-49-48-77(61-92(89)108)70-42-40-68(41-43-70)66-23-6-1-7-24-66)98-106-95(74-31-14-5-15-32-74)103-96(107-98)78-35-21-34-76(53-78)79-51-65(63-100)52-80(54-79)81-55-83(97-104-93(72-27-10-3-11-28-72)102-94(105-97)73-29-12-4-13-30-73)58-85(57-81)101-90-38-18-16-36-87(90)71-46-44-69(45-47-71)67-25-8-2-9-26-67/h1-61,101H. The molecule has 0 saturated carbocycles. The molecule has 3 heterocycles. The van der Waals surface area contributed by atoms with Gasteiger partial charge in [0.1, 0.15) is 0 Å². The van der Waals surface area contributed by atoms with Crippen LogP contribution in [0.1, 0.15) is 11.1 Å². The maximum atomic E-state index is 11.0. The van der Waals surface area contributed by atoms with Crippen molar-refractivity contribution in [3.63, 3.8) is 0 Å². The molecule has 10 heteroatoms. The number of anilines is 2. The lowest BCUT2D eigenvalue weighted by Gasteiger charge is -2.16. The number of nitrogens with one attached hydrogen (secondary N) is 1. The molecule has 18 aromatic rings. The van der Waals surface area contributed by atoms with E-state index in [0.29, 0.717) is 46.1 Å². The number of hydrogen-bond acceptors (Lipinski definition) is 9. The number of para-hydroxylation sites is 2. The summed E-state index contributed by atoms with van der Waals surface area (Å²) < 4.78 is 2.33. The normalized spacial score (nSPS) is 11.1. The van der Waals surface area contributed by atoms with E-state index < -0.39 is 0 Å². The Kier molecular flexibility index (Phi) is 17.2. The Bertz CT molecular complexity index is 6450. The number of rotatable bonds is 16.